The fraction of sp³-hybridized carbons (Fsp3) is 0.409. The number of likely N-dealkylation sites (N-methyl/N-ethyl adjacent to an activating group) is 1. The maximum Gasteiger partial charge on any atom is 0.247 e. The highest BCUT2D eigenvalue weighted by atomic mass is 35.5. The Hall–Kier alpha value is -3.60. The number of hydrogen-bond donors (Lipinski definition) is 2. The number of likely N-dealkylation sites (tertiary alicyclic amines) is 1. The van der Waals surface area contributed by atoms with Gasteiger partial charge in [-0.2, -0.15) is 20.0 Å². The number of nitriles is 2. The summed E-state index contributed by atoms with van der Waals surface area (Å²) in [4.78, 5) is 13.6. The van der Waals surface area contributed by atoms with Crippen molar-refractivity contribution in [2.24, 2.45) is 0 Å². The second kappa shape index (κ2) is 7.48. The number of piperazine rings is 1. The minimum absolute atomic E-state index is 0. The van der Waals surface area contributed by atoms with Gasteiger partial charge in [0, 0.05) is 34.1 Å². The number of benzene rings is 1. The fourth-order valence-corrected chi connectivity index (χ4v) is 5.05. The lowest BCUT2D eigenvalue weighted by molar-refractivity contribution is 0.292. The molecule has 2 N–H and O–H groups in total. The third kappa shape index (κ3) is 3.39. The van der Waals surface area contributed by atoms with E-state index >= 15 is 0 Å². The zero-order valence-corrected chi connectivity index (χ0v) is 18.7. The number of aromatic nitrogens is 4. The molecule has 2 unspecified atom stereocenters. The van der Waals surface area contributed by atoms with Crippen LogP contribution >= 0.6 is 11.6 Å². The van der Waals surface area contributed by atoms with Gasteiger partial charge in [0.2, 0.25) is 5.95 Å². The van der Waals surface area contributed by atoms with Gasteiger partial charge in [-0.3, -0.25) is 4.90 Å². The Morgan fingerprint density at radius 1 is 1.18 bits per heavy atom. The van der Waals surface area contributed by atoms with Crippen LogP contribution < -0.4 is 15.5 Å². The molecule has 10 nitrogen and oxygen atoms in total. The molecule has 2 aliphatic heterocycles. The molecule has 3 aliphatic rings. The molecule has 11 heteroatoms. The van der Waals surface area contributed by atoms with Crippen molar-refractivity contribution < 1.29 is 2.85 Å². The van der Waals surface area contributed by atoms with Crippen molar-refractivity contribution in [3.8, 4) is 12.1 Å². The minimum Gasteiger partial charge on any atom is -0.364 e. The zero-order chi connectivity index (χ0) is 22.7. The third-order valence-electron chi connectivity index (χ3n) is 6.65. The van der Waals surface area contributed by atoms with Crippen LogP contribution in [0.25, 0.3) is 5.65 Å². The normalized spacial score (nSPS) is 21.9. The van der Waals surface area contributed by atoms with Crippen molar-refractivity contribution in [2.75, 3.05) is 35.7 Å². The summed E-state index contributed by atoms with van der Waals surface area (Å²) in [6, 6.07) is 9.12. The molecule has 170 valence electrons. The Morgan fingerprint density at radius 2 is 2.03 bits per heavy atom. The van der Waals surface area contributed by atoms with Crippen molar-refractivity contribution in [3.63, 3.8) is 0 Å². The van der Waals surface area contributed by atoms with Crippen LogP contribution in [0.1, 0.15) is 33.4 Å². The Bertz CT molecular complexity index is 1360. The number of anilines is 4. The molecule has 1 aliphatic carbocycles. The molecule has 1 aromatic carbocycles. The van der Waals surface area contributed by atoms with E-state index in [1.165, 1.54) is 10.7 Å². The van der Waals surface area contributed by atoms with E-state index in [1.54, 1.807) is 6.07 Å². The van der Waals surface area contributed by atoms with Crippen molar-refractivity contribution in [1.82, 2.24) is 24.5 Å². The van der Waals surface area contributed by atoms with Gasteiger partial charge in [-0.25, -0.2) is 4.98 Å². The largest absolute Gasteiger partial charge is 0.364 e. The van der Waals surface area contributed by atoms with Crippen LogP contribution in [0, 0.1) is 22.7 Å². The molecule has 2 bridgehead atoms. The Kier molecular flexibility index (Phi) is 4.54. The third-order valence-corrected chi connectivity index (χ3v) is 7.04. The smallest absolute Gasteiger partial charge is 0.247 e. The molecule has 2 saturated heterocycles. The molecule has 0 radical (unpaired) electrons. The van der Waals surface area contributed by atoms with Crippen LogP contribution in [0.5, 0.6) is 0 Å². The Balaban J connectivity index is 0.00000144. The molecule has 1 saturated carbocycles. The molecule has 3 fully saturated rings. The van der Waals surface area contributed by atoms with E-state index in [9.17, 15) is 10.5 Å². The first-order valence-electron chi connectivity index (χ1n) is 10.9. The summed E-state index contributed by atoms with van der Waals surface area (Å²) in [6.45, 7) is 1.86. The predicted molar refractivity (Wildman–Crippen MR) is 128 cm³/mol. The van der Waals surface area contributed by atoms with Crippen molar-refractivity contribution in [3.05, 3.63) is 34.6 Å². The monoisotopic (exact) mass is 464 g/mol. The number of nitrogens with zero attached hydrogens (tertiary/aromatic N) is 8. The summed E-state index contributed by atoms with van der Waals surface area (Å²) in [7, 11) is 2.15. The van der Waals surface area contributed by atoms with Crippen LogP contribution in [0.15, 0.2) is 18.3 Å². The van der Waals surface area contributed by atoms with Crippen LogP contribution in [-0.4, -0.2) is 62.7 Å². The van der Waals surface area contributed by atoms with E-state index in [-0.39, 0.29) is 8.80 Å². The molecule has 0 amide bonds. The number of nitrogens with one attached hydrogen (secondary N) is 2. The van der Waals surface area contributed by atoms with E-state index in [4.69, 9.17) is 11.6 Å². The second-order valence-electron chi connectivity index (χ2n) is 8.92. The SMILES string of the molecule is CN1CC2CC1CN2c1cc(C#N)cc(Nc2nc(NC3CC3)c3ncc(C#N)n3n2)c1Cl.[HH].[HH]. The van der Waals surface area contributed by atoms with E-state index < -0.39 is 0 Å². The highest BCUT2D eigenvalue weighted by Gasteiger charge is 2.42. The molecule has 2 atom stereocenters. The predicted octanol–water partition coefficient (Wildman–Crippen LogP) is 3.22. The molecular formula is C22H25ClN10. The molecule has 0 spiro atoms. The molecule has 2 aromatic heterocycles. The molecule has 4 heterocycles. The van der Waals surface area contributed by atoms with E-state index in [2.05, 4.69) is 54.7 Å². The second-order valence-corrected chi connectivity index (χ2v) is 9.30. The lowest BCUT2D eigenvalue weighted by atomic mass is 10.1. The van der Waals surface area contributed by atoms with Gasteiger partial charge in [0.15, 0.2) is 17.2 Å². The molecule has 33 heavy (non-hydrogen) atoms. The number of halogens is 1. The van der Waals surface area contributed by atoms with E-state index in [0.29, 0.717) is 51.6 Å². The van der Waals surface area contributed by atoms with Gasteiger partial charge >= 0.3 is 0 Å². The summed E-state index contributed by atoms with van der Waals surface area (Å²) in [5, 5.41) is 30.6. The van der Waals surface area contributed by atoms with Gasteiger partial charge in [0.05, 0.1) is 34.2 Å². The number of rotatable bonds is 5. The Morgan fingerprint density at radius 3 is 2.70 bits per heavy atom. The first-order chi connectivity index (χ1) is 16.0. The first-order valence-corrected chi connectivity index (χ1v) is 11.3. The topological polar surface area (TPSA) is 121 Å². The standard InChI is InChI=1S/C22H21ClN10.2H2/c1-31-10-15-6-14(31)11-32(15)18-5-12(7-24)4-17(19(18)23)28-22-29-20(27-13-2-3-13)21-26-9-16(8-25)33(21)30-22;;/h4-5,9,13-15H,2-3,6,10-11H2,1H3,(H2,27,28,29,30);2*1H. The average molecular weight is 465 g/mol. The van der Waals surface area contributed by atoms with Crippen LogP contribution in [0.4, 0.5) is 23.1 Å². The van der Waals surface area contributed by atoms with Gasteiger partial charge in [-0.15, -0.1) is 5.10 Å². The average Bonchev–Trinajstić information content (AvgIpc) is 3.22. The first kappa shape index (κ1) is 20.0. The number of imidazole rings is 1. The molecular weight excluding hydrogens is 440 g/mol. The maximum atomic E-state index is 9.65. The fourth-order valence-electron chi connectivity index (χ4n) is 4.78. The van der Waals surface area contributed by atoms with Gasteiger partial charge in [0.25, 0.3) is 0 Å². The highest BCUT2D eigenvalue weighted by Crippen LogP contribution is 2.41. The molecule has 3 aromatic rings. The van der Waals surface area contributed by atoms with E-state index in [1.807, 2.05) is 6.07 Å². The van der Waals surface area contributed by atoms with Crippen LogP contribution in [-0.2, 0) is 0 Å². The Labute approximate surface area is 198 Å². The van der Waals surface area contributed by atoms with Crippen molar-refractivity contribution in [1.29, 1.82) is 10.5 Å². The van der Waals surface area contributed by atoms with Crippen molar-refractivity contribution >= 4 is 40.4 Å². The summed E-state index contributed by atoms with van der Waals surface area (Å²) in [6.07, 6.45) is 4.71. The summed E-state index contributed by atoms with van der Waals surface area (Å²) in [5.74, 6) is 0.829. The number of fused-ring (bicyclic) bond motifs is 3. The summed E-state index contributed by atoms with van der Waals surface area (Å²) < 4.78 is 1.47. The number of hydrogen-bond acceptors (Lipinski definition) is 9. The zero-order valence-electron chi connectivity index (χ0n) is 18.0. The summed E-state index contributed by atoms with van der Waals surface area (Å²) in [5.41, 5.74) is 2.71. The van der Waals surface area contributed by atoms with Gasteiger partial charge in [0.1, 0.15) is 6.07 Å². The lowest BCUT2D eigenvalue weighted by Crippen LogP contribution is -2.44. The minimum atomic E-state index is 0. The van der Waals surface area contributed by atoms with Crippen LogP contribution in [0.2, 0.25) is 5.02 Å². The highest BCUT2D eigenvalue weighted by molar-refractivity contribution is 6.36. The quantitative estimate of drug-likeness (QED) is 0.585. The van der Waals surface area contributed by atoms with Gasteiger partial charge in [-0.1, -0.05) is 11.6 Å². The van der Waals surface area contributed by atoms with Crippen LogP contribution in [0.3, 0.4) is 0 Å². The van der Waals surface area contributed by atoms with E-state index in [0.717, 1.165) is 38.0 Å². The summed E-state index contributed by atoms with van der Waals surface area (Å²) >= 11 is 6.86. The molecule has 6 rings (SSSR count). The van der Waals surface area contributed by atoms with Gasteiger partial charge in [-0.05, 0) is 38.4 Å². The lowest BCUT2D eigenvalue weighted by Gasteiger charge is -2.34. The van der Waals surface area contributed by atoms with Crippen molar-refractivity contribution in [2.45, 2.75) is 37.4 Å². The maximum absolute atomic E-state index is 9.65. The van der Waals surface area contributed by atoms with Gasteiger partial charge < -0.3 is 15.5 Å².